The van der Waals surface area contributed by atoms with Crippen molar-refractivity contribution in [2.45, 2.75) is 44.1 Å². The van der Waals surface area contributed by atoms with Gasteiger partial charge in [0, 0.05) is 12.1 Å². The number of nitro groups is 2. The zero-order valence-electron chi connectivity index (χ0n) is 25.1. The van der Waals surface area contributed by atoms with E-state index in [1.54, 1.807) is 79.7 Å². The molecule has 238 valence electrons. The number of benzene rings is 4. The number of esters is 2. The summed E-state index contributed by atoms with van der Waals surface area (Å²) in [7, 11) is 0. The lowest BCUT2D eigenvalue weighted by atomic mass is 9.62. The molecule has 12 nitrogen and oxygen atoms in total. The third kappa shape index (κ3) is 6.63. The number of hydrogen-bond acceptors (Lipinski definition) is 10. The second-order valence-electron chi connectivity index (χ2n) is 10.7. The molecule has 4 aromatic rings. The van der Waals surface area contributed by atoms with Crippen molar-refractivity contribution in [1.29, 1.82) is 0 Å². The average molecular weight is 627 g/mol. The normalized spacial score (nSPS) is 13.2. The molecule has 0 aliphatic rings. The molecule has 2 unspecified atom stereocenters. The molecule has 0 radical (unpaired) electrons. The summed E-state index contributed by atoms with van der Waals surface area (Å²) in [5.41, 5.74) is 10.7. The van der Waals surface area contributed by atoms with Crippen molar-refractivity contribution in [3.05, 3.63) is 152 Å². The fraction of sp³-hybridized carbons (Fsp3) is 0.235. The molecule has 2 atom stereocenters. The monoisotopic (exact) mass is 626 g/mol. The Morgan fingerprint density at radius 3 is 1.54 bits per heavy atom. The summed E-state index contributed by atoms with van der Waals surface area (Å²) in [6.07, 6.45) is 0.382. The smallest absolute Gasteiger partial charge is 0.330 e. The van der Waals surface area contributed by atoms with Crippen LogP contribution < -0.4 is 11.5 Å². The molecule has 4 aromatic carbocycles. The largest absolute Gasteiger partial charge is 0.460 e. The van der Waals surface area contributed by atoms with Crippen molar-refractivity contribution >= 4 is 23.3 Å². The molecule has 0 saturated carbocycles. The maximum absolute atomic E-state index is 14.5. The minimum atomic E-state index is -2.35. The van der Waals surface area contributed by atoms with Crippen LogP contribution in [0.1, 0.15) is 42.0 Å². The first-order valence-corrected chi connectivity index (χ1v) is 14.5. The Kier molecular flexibility index (Phi) is 10.6. The Morgan fingerprint density at radius 2 is 1.11 bits per heavy atom. The van der Waals surface area contributed by atoms with E-state index in [9.17, 15) is 29.8 Å². The van der Waals surface area contributed by atoms with Gasteiger partial charge in [-0.05, 0) is 29.7 Å². The SMILES string of the molecule is CCCC(C(=O)OCc1ccccc1[N+](=O)[O-])C(N)(C(=O)OCc1ccccc1[N+](=O)[O-])C(N)(c1ccccc1)c1ccccc1. The van der Waals surface area contributed by atoms with Crippen LogP contribution in [0.2, 0.25) is 0 Å². The van der Waals surface area contributed by atoms with Gasteiger partial charge in [0.25, 0.3) is 11.4 Å². The number of nitrogens with zero attached hydrogens (tertiary/aromatic N) is 2. The van der Waals surface area contributed by atoms with E-state index in [0.29, 0.717) is 17.5 Å². The van der Waals surface area contributed by atoms with Gasteiger partial charge in [-0.15, -0.1) is 0 Å². The highest BCUT2D eigenvalue weighted by Crippen LogP contribution is 2.43. The van der Waals surface area contributed by atoms with Crippen LogP contribution in [0, 0.1) is 26.1 Å². The van der Waals surface area contributed by atoms with Gasteiger partial charge in [-0.2, -0.15) is 0 Å². The topological polar surface area (TPSA) is 191 Å². The summed E-state index contributed by atoms with van der Waals surface area (Å²) in [6.45, 7) is 0.787. The second-order valence-corrected chi connectivity index (χ2v) is 10.7. The number of ether oxygens (including phenoxy) is 2. The van der Waals surface area contributed by atoms with E-state index in [-0.39, 0.29) is 28.9 Å². The third-order valence-corrected chi connectivity index (χ3v) is 7.97. The molecular formula is C34H34N4O8. The van der Waals surface area contributed by atoms with Crippen molar-refractivity contribution in [3.8, 4) is 0 Å². The summed E-state index contributed by atoms with van der Waals surface area (Å²) in [5.74, 6) is -3.45. The van der Waals surface area contributed by atoms with Crippen LogP contribution in [0.4, 0.5) is 11.4 Å². The van der Waals surface area contributed by atoms with Crippen LogP contribution >= 0.6 is 0 Å². The maximum Gasteiger partial charge on any atom is 0.330 e. The van der Waals surface area contributed by atoms with Gasteiger partial charge >= 0.3 is 11.9 Å². The molecule has 0 aromatic heterocycles. The van der Waals surface area contributed by atoms with Gasteiger partial charge in [0.2, 0.25) is 0 Å². The summed E-state index contributed by atoms with van der Waals surface area (Å²) in [6, 6.07) is 28.6. The van der Waals surface area contributed by atoms with Gasteiger partial charge in [0.1, 0.15) is 13.2 Å². The molecule has 4 rings (SSSR count). The molecule has 0 spiro atoms. The third-order valence-electron chi connectivity index (χ3n) is 7.97. The fourth-order valence-corrected chi connectivity index (χ4v) is 5.58. The molecule has 0 heterocycles. The van der Waals surface area contributed by atoms with Crippen molar-refractivity contribution in [3.63, 3.8) is 0 Å². The van der Waals surface area contributed by atoms with E-state index >= 15 is 0 Å². The van der Waals surface area contributed by atoms with E-state index in [1.807, 2.05) is 0 Å². The van der Waals surface area contributed by atoms with Gasteiger partial charge in [-0.3, -0.25) is 25.0 Å². The molecule has 0 fully saturated rings. The first-order valence-electron chi connectivity index (χ1n) is 14.5. The van der Waals surface area contributed by atoms with E-state index in [2.05, 4.69) is 0 Å². The Hall–Kier alpha value is -5.46. The van der Waals surface area contributed by atoms with Crippen LogP contribution in [0.3, 0.4) is 0 Å². The Labute approximate surface area is 265 Å². The van der Waals surface area contributed by atoms with E-state index < -0.39 is 52.0 Å². The second kappa shape index (κ2) is 14.5. The van der Waals surface area contributed by atoms with Crippen LogP contribution in [0.5, 0.6) is 0 Å². The van der Waals surface area contributed by atoms with Crippen LogP contribution in [0.25, 0.3) is 0 Å². The predicted molar refractivity (Wildman–Crippen MR) is 169 cm³/mol. The fourth-order valence-electron chi connectivity index (χ4n) is 5.58. The van der Waals surface area contributed by atoms with Crippen molar-refractivity contribution in [1.82, 2.24) is 0 Å². The molecule has 0 amide bonds. The van der Waals surface area contributed by atoms with Crippen LogP contribution in [-0.4, -0.2) is 27.3 Å². The zero-order chi connectivity index (χ0) is 33.3. The standard InChI is InChI=1S/C34H34N4O8/c1-2-13-28(31(39)45-22-24-14-9-11-20-29(24)37(41)42)34(36,32(40)46-23-25-15-10-12-21-30(25)38(43)44)33(35,26-16-5-3-6-17-26)27-18-7-4-8-19-27/h3-12,14-21,28H,2,13,22-23,35-36H2,1H3. The lowest BCUT2D eigenvalue weighted by molar-refractivity contribution is -0.386. The van der Waals surface area contributed by atoms with Gasteiger partial charge < -0.3 is 20.9 Å². The van der Waals surface area contributed by atoms with E-state index in [4.69, 9.17) is 20.9 Å². The number of carbonyl (C=O) groups excluding carboxylic acids is 2. The number of carbonyl (C=O) groups is 2. The summed E-state index contributed by atoms with van der Waals surface area (Å²) in [4.78, 5) is 50.5. The Bertz CT molecular complexity index is 1660. The number of para-hydroxylation sites is 2. The molecule has 0 bridgehead atoms. The first-order chi connectivity index (χ1) is 22.0. The van der Waals surface area contributed by atoms with Crippen molar-refractivity contribution in [2.75, 3.05) is 0 Å². The summed E-state index contributed by atoms with van der Waals surface area (Å²) in [5, 5.41) is 23.2. The molecule has 0 aliphatic carbocycles. The number of rotatable bonds is 14. The summed E-state index contributed by atoms with van der Waals surface area (Å²) < 4.78 is 11.4. The molecular weight excluding hydrogens is 592 g/mol. The van der Waals surface area contributed by atoms with Crippen molar-refractivity contribution in [2.24, 2.45) is 17.4 Å². The molecule has 0 aliphatic heterocycles. The Morgan fingerprint density at radius 1 is 0.696 bits per heavy atom. The first kappa shape index (κ1) is 33.4. The van der Waals surface area contributed by atoms with Gasteiger partial charge in [0.05, 0.1) is 32.4 Å². The maximum atomic E-state index is 14.5. The zero-order valence-corrected chi connectivity index (χ0v) is 25.1. The van der Waals surface area contributed by atoms with Crippen molar-refractivity contribution < 1.29 is 28.9 Å². The van der Waals surface area contributed by atoms with Gasteiger partial charge in [-0.1, -0.05) is 98.3 Å². The minimum absolute atomic E-state index is 0.0193. The summed E-state index contributed by atoms with van der Waals surface area (Å²) >= 11 is 0. The quantitative estimate of drug-likeness (QED) is 0.105. The number of hydrogen-bond donors (Lipinski definition) is 2. The van der Waals surface area contributed by atoms with Crippen LogP contribution in [0.15, 0.2) is 109 Å². The number of nitrogens with two attached hydrogens (primary N) is 2. The molecule has 46 heavy (non-hydrogen) atoms. The highest BCUT2D eigenvalue weighted by Gasteiger charge is 2.61. The highest BCUT2D eigenvalue weighted by molar-refractivity contribution is 5.91. The van der Waals surface area contributed by atoms with Crippen LogP contribution in [-0.2, 0) is 37.8 Å². The van der Waals surface area contributed by atoms with E-state index in [0.717, 1.165) is 0 Å². The predicted octanol–water partition coefficient (Wildman–Crippen LogP) is 5.31. The minimum Gasteiger partial charge on any atom is -0.460 e. The molecule has 12 heteroatoms. The molecule has 4 N–H and O–H groups in total. The highest BCUT2D eigenvalue weighted by atomic mass is 16.6. The van der Waals surface area contributed by atoms with E-state index in [1.165, 1.54) is 36.4 Å². The Balaban J connectivity index is 1.85. The molecule has 0 saturated heterocycles. The van der Waals surface area contributed by atoms with Gasteiger partial charge in [-0.25, -0.2) is 4.79 Å². The lowest BCUT2D eigenvalue weighted by Crippen LogP contribution is -2.73. The number of nitro benzene ring substituents is 2. The average Bonchev–Trinajstić information content (AvgIpc) is 3.08. The lowest BCUT2D eigenvalue weighted by Gasteiger charge is -2.48. The van der Waals surface area contributed by atoms with Gasteiger partial charge in [0.15, 0.2) is 5.54 Å².